The van der Waals surface area contributed by atoms with Gasteiger partial charge in [0.25, 0.3) is 5.91 Å². The highest BCUT2D eigenvalue weighted by atomic mass is 35.5. The van der Waals surface area contributed by atoms with Gasteiger partial charge in [0.15, 0.2) is 6.61 Å². The number of benzene rings is 1. The number of likely N-dealkylation sites (tertiary alicyclic amines) is 1. The lowest BCUT2D eigenvalue weighted by atomic mass is 10.0. The fourth-order valence-electron chi connectivity index (χ4n) is 3.19. The van der Waals surface area contributed by atoms with Gasteiger partial charge in [0, 0.05) is 13.1 Å². The number of ether oxygens (including phenoxy) is 1. The van der Waals surface area contributed by atoms with Gasteiger partial charge in [-0.15, -0.1) is 0 Å². The Morgan fingerprint density at radius 1 is 1.33 bits per heavy atom. The van der Waals surface area contributed by atoms with E-state index in [0.717, 1.165) is 12.8 Å². The first-order valence-electron chi connectivity index (χ1n) is 8.82. The Hall–Kier alpha value is -2.41. The van der Waals surface area contributed by atoms with Crippen molar-refractivity contribution in [2.45, 2.75) is 26.7 Å². The third-order valence-electron chi connectivity index (χ3n) is 4.62. The van der Waals surface area contributed by atoms with E-state index < -0.39 is 5.97 Å². The number of carbonyl (C=O) groups is 2. The molecule has 1 saturated heterocycles. The van der Waals surface area contributed by atoms with Crippen LogP contribution < -0.4 is 0 Å². The second kappa shape index (κ2) is 8.08. The molecule has 0 aliphatic carbocycles. The van der Waals surface area contributed by atoms with E-state index in [2.05, 4.69) is 12.0 Å². The zero-order chi connectivity index (χ0) is 19.6. The first-order chi connectivity index (χ1) is 12.9. The van der Waals surface area contributed by atoms with E-state index >= 15 is 0 Å². The van der Waals surface area contributed by atoms with Crippen LogP contribution in [0.3, 0.4) is 0 Å². The van der Waals surface area contributed by atoms with Crippen molar-refractivity contribution in [1.29, 1.82) is 0 Å². The van der Waals surface area contributed by atoms with Crippen molar-refractivity contribution in [3.63, 3.8) is 0 Å². The molecule has 1 aliphatic heterocycles. The molecule has 2 heterocycles. The number of hydrogen-bond acceptors (Lipinski definition) is 4. The molecule has 1 aromatic heterocycles. The van der Waals surface area contributed by atoms with Crippen LogP contribution in [0.25, 0.3) is 5.69 Å². The fourth-order valence-corrected chi connectivity index (χ4v) is 3.54. The number of aryl methyl sites for hydroxylation is 1. The van der Waals surface area contributed by atoms with Gasteiger partial charge in [0.05, 0.1) is 11.4 Å². The van der Waals surface area contributed by atoms with Gasteiger partial charge in [-0.05, 0) is 49.9 Å². The fraction of sp³-hybridized carbons (Fsp3) is 0.421. The predicted molar refractivity (Wildman–Crippen MR) is 98.5 cm³/mol. The number of nitrogens with zero attached hydrogens (tertiary/aromatic N) is 3. The van der Waals surface area contributed by atoms with Gasteiger partial charge in [0.2, 0.25) is 0 Å². The summed E-state index contributed by atoms with van der Waals surface area (Å²) in [5.41, 5.74) is 0.983. The normalized spacial score (nSPS) is 17.0. The van der Waals surface area contributed by atoms with Gasteiger partial charge >= 0.3 is 5.97 Å². The zero-order valence-electron chi connectivity index (χ0n) is 15.2. The summed E-state index contributed by atoms with van der Waals surface area (Å²) < 4.78 is 19.6. The second-order valence-corrected chi connectivity index (χ2v) is 7.16. The van der Waals surface area contributed by atoms with E-state index in [1.807, 2.05) is 0 Å². The van der Waals surface area contributed by atoms with Gasteiger partial charge < -0.3 is 9.64 Å². The van der Waals surface area contributed by atoms with Crippen molar-refractivity contribution in [2.24, 2.45) is 5.92 Å². The average Bonchev–Trinajstić information content (AvgIpc) is 2.94. The number of esters is 1. The number of aromatic nitrogens is 2. The highest BCUT2D eigenvalue weighted by Gasteiger charge is 2.25. The van der Waals surface area contributed by atoms with Crippen LogP contribution in [0.4, 0.5) is 4.39 Å². The number of halogens is 2. The number of rotatable bonds is 4. The molecule has 1 fully saturated rings. The highest BCUT2D eigenvalue weighted by Crippen LogP contribution is 2.24. The van der Waals surface area contributed by atoms with Crippen molar-refractivity contribution < 1.29 is 18.7 Å². The third kappa shape index (κ3) is 4.30. The van der Waals surface area contributed by atoms with Gasteiger partial charge in [-0.3, -0.25) is 4.79 Å². The van der Waals surface area contributed by atoms with E-state index in [1.54, 1.807) is 11.8 Å². The van der Waals surface area contributed by atoms with E-state index in [1.165, 1.54) is 28.9 Å². The Balaban J connectivity index is 1.70. The molecule has 1 amide bonds. The van der Waals surface area contributed by atoms with Gasteiger partial charge in [-0.2, -0.15) is 5.10 Å². The molecule has 144 valence electrons. The van der Waals surface area contributed by atoms with Crippen LogP contribution in [0.1, 0.15) is 35.8 Å². The summed E-state index contributed by atoms with van der Waals surface area (Å²) in [5, 5.41) is 4.28. The summed E-state index contributed by atoms with van der Waals surface area (Å²) in [5.74, 6) is -0.855. The molecule has 27 heavy (non-hydrogen) atoms. The molecule has 1 aliphatic rings. The summed E-state index contributed by atoms with van der Waals surface area (Å²) in [6.07, 6.45) is 2.05. The molecule has 2 aromatic rings. The SMILES string of the molecule is Cc1nn(-c2ccc(F)cc2)c(Cl)c1C(=O)OCC(=O)N1CCC[C@@H](C)C1. The van der Waals surface area contributed by atoms with Crippen LogP contribution in [0, 0.1) is 18.7 Å². The smallest absolute Gasteiger partial charge is 0.343 e. The van der Waals surface area contributed by atoms with Crippen LogP contribution in [-0.2, 0) is 9.53 Å². The quantitative estimate of drug-likeness (QED) is 0.747. The third-order valence-corrected chi connectivity index (χ3v) is 4.96. The molecule has 0 bridgehead atoms. The van der Waals surface area contributed by atoms with Crippen molar-refractivity contribution in [1.82, 2.24) is 14.7 Å². The Bertz CT molecular complexity index is 851. The van der Waals surface area contributed by atoms with Crippen molar-refractivity contribution >= 4 is 23.5 Å². The summed E-state index contributed by atoms with van der Waals surface area (Å²) in [7, 11) is 0. The number of amides is 1. The molecular weight excluding hydrogens is 373 g/mol. The molecule has 0 unspecified atom stereocenters. The van der Waals surface area contributed by atoms with E-state index in [-0.39, 0.29) is 29.0 Å². The summed E-state index contributed by atoms with van der Waals surface area (Å²) >= 11 is 6.29. The lowest BCUT2D eigenvalue weighted by Gasteiger charge is -2.30. The molecule has 3 rings (SSSR count). The highest BCUT2D eigenvalue weighted by molar-refractivity contribution is 6.33. The Morgan fingerprint density at radius 3 is 2.70 bits per heavy atom. The largest absolute Gasteiger partial charge is 0.452 e. The van der Waals surface area contributed by atoms with E-state index in [9.17, 15) is 14.0 Å². The van der Waals surface area contributed by atoms with Crippen molar-refractivity contribution in [3.05, 3.63) is 46.5 Å². The summed E-state index contributed by atoms with van der Waals surface area (Å²) in [4.78, 5) is 26.4. The van der Waals surface area contributed by atoms with Gasteiger partial charge in [0.1, 0.15) is 16.5 Å². The topological polar surface area (TPSA) is 64.4 Å². The molecule has 0 N–H and O–H groups in total. The lowest BCUT2D eigenvalue weighted by molar-refractivity contribution is -0.136. The molecule has 8 heteroatoms. The summed E-state index contributed by atoms with van der Waals surface area (Å²) in [6.45, 7) is 4.75. The Morgan fingerprint density at radius 2 is 2.04 bits per heavy atom. The lowest BCUT2D eigenvalue weighted by Crippen LogP contribution is -2.41. The minimum absolute atomic E-state index is 0.0585. The van der Waals surface area contributed by atoms with Crippen LogP contribution >= 0.6 is 11.6 Å². The Labute approximate surface area is 161 Å². The minimum atomic E-state index is -0.704. The number of piperidine rings is 1. The van der Waals surface area contributed by atoms with Crippen molar-refractivity contribution in [2.75, 3.05) is 19.7 Å². The van der Waals surface area contributed by atoms with Crippen LogP contribution in [0.5, 0.6) is 0 Å². The van der Waals surface area contributed by atoms with Crippen molar-refractivity contribution in [3.8, 4) is 5.69 Å². The van der Waals surface area contributed by atoms with Crippen LogP contribution in [0.15, 0.2) is 24.3 Å². The molecule has 1 aromatic carbocycles. The molecule has 6 nitrogen and oxygen atoms in total. The van der Waals surface area contributed by atoms with Gasteiger partial charge in [-0.25, -0.2) is 13.9 Å². The second-order valence-electron chi connectivity index (χ2n) is 6.80. The first-order valence-corrected chi connectivity index (χ1v) is 9.20. The number of carbonyl (C=O) groups excluding carboxylic acids is 2. The van der Waals surface area contributed by atoms with E-state index in [0.29, 0.717) is 30.4 Å². The predicted octanol–water partition coefficient (Wildman–Crippen LogP) is 3.39. The monoisotopic (exact) mass is 393 g/mol. The van der Waals surface area contributed by atoms with E-state index in [4.69, 9.17) is 16.3 Å². The molecule has 0 saturated carbocycles. The first kappa shape index (κ1) is 19.4. The Kier molecular flexibility index (Phi) is 5.79. The maximum atomic E-state index is 13.1. The standard InChI is InChI=1S/C19H21ClFN3O3/c1-12-4-3-9-23(10-12)16(25)11-27-19(26)17-13(2)22-24(18(17)20)15-7-5-14(21)6-8-15/h5-8,12H,3-4,9-11H2,1-2H3/t12-/m1/s1. The number of hydrogen-bond donors (Lipinski definition) is 0. The average molecular weight is 394 g/mol. The van der Waals surface area contributed by atoms with Gasteiger partial charge in [-0.1, -0.05) is 18.5 Å². The van der Waals surface area contributed by atoms with Crippen LogP contribution in [0.2, 0.25) is 5.15 Å². The maximum absolute atomic E-state index is 13.1. The summed E-state index contributed by atoms with van der Waals surface area (Å²) in [6, 6.07) is 5.56. The zero-order valence-corrected chi connectivity index (χ0v) is 16.0. The van der Waals surface area contributed by atoms with Crippen LogP contribution in [-0.4, -0.2) is 46.3 Å². The molecule has 1 atom stereocenters. The maximum Gasteiger partial charge on any atom is 0.343 e. The molecule has 0 radical (unpaired) electrons. The molecular formula is C19H21ClFN3O3. The minimum Gasteiger partial charge on any atom is -0.452 e. The molecule has 0 spiro atoms.